The van der Waals surface area contributed by atoms with Crippen molar-refractivity contribution in [2.75, 3.05) is 38.2 Å². The molecule has 6 nitrogen and oxygen atoms in total. The van der Waals surface area contributed by atoms with Gasteiger partial charge in [0.1, 0.15) is 0 Å². The molecule has 2 rings (SSSR count). The van der Waals surface area contributed by atoms with E-state index in [1.54, 1.807) is 0 Å². The van der Waals surface area contributed by atoms with E-state index in [1.807, 2.05) is 4.90 Å². The summed E-state index contributed by atoms with van der Waals surface area (Å²) in [6.07, 6.45) is 0.891. The Morgan fingerprint density at radius 1 is 1.33 bits per heavy atom. The Morgan fingerprint density at radius 3 is 2.90 bits per heavy atom. The Kier molecular flexibility index (Phi) is 5.55. The van der Waals surface area contributed by atoms with Gasteiger partial charge in [0, 0.05) is 19.7 Å². The molecule has 1 saturated heterocycles. The van der Waals surface area contributed by atoms with Crippen LogP contribution in [0.5, 0.6) is 0 Å². The first-order valence-corrected chi connectivity index (χ1v) is 7.07. The second kappa shape index (κ2) is 7.40. The number of carbonyl (C=O) groups excluding carboxylic acids is 1. The van der Waals surface area contributed by atoms with Gasteiger partial charge in [0.15, 0.2) is 0 Å². The Labute approximate surface area is 127 Å². The van der Waals surface area contributed by atoms with E-state index in [1.165, 1.54) is 18.2 Å². The number of aromatic carboxylic acids is 1. The minimum Gasteiger partial charge on any atom is -0.478 e. The number of hydrogen-bond donors (Lipinski definition) is 2. The number of carbonyl (C=O) groups is 2. The zero-order valence-electron chi connectivity index (χ0n) is 11.5. The van der Waals surface area contributed by atoms with Crippen LogP contribution in [-0.2, 0) is 9.53 Å². The summed E-state index contributed by atoms with van der Waals surface area (Å²) in [6.45, 7) is 3.07. The zero-order valence-corrected chi connectivity index (χ0v) is 12.2. The third kappa shape index (κ3) is 4.70. The number of amides is 1. The van der Waals surface area contributed by atoms with Crippen molar-refractivity contribution in [2.24, 2.45) is 0 Å². The van der Waals surface area contributed by atoms with Crippen molar-refractivity contribution in [3.63, 3.8) is 0 Å². The number of benzene rings is 1. The lowest BCUT2D eigenvalue weighted by Gasteiger charge is -2.18. The summed E-state index contributed by atoms with van der Waals surface area (Å²) in [4.78, 5) is 25.0. The molecule has 1 amide bonds. The molecule has 114 valence electrons. The van der Waals surface area contributed by atoms with Crippen molar-refractivity contribution >= 4 is 29.2 Å². The molecule has 0 aromatic heterocycles. The second-order valence-electron chi connectivity index (χ2n) is 4.79. The predicted molar refractivity (Wildman–Crippen MR) is 78.9 cm³/mol. The van der Waals surface area contributed by atoms with E-state index < -0.39 is 5.97 Å². The summed E-state index contributed by atoms with van der Waals surface area (Å²) < 4.78 is 5.33. The van der Waals surface area contributed by atoms with Crippen molar-refractivity contribution < 1.29 is 19.4 Å². The lowest BCUT2D eigenvalue weighted by Crippen LogP contribution is -2.35. The van der Waals surface area contributed by atoms with Gasteiger partial charge in [-0.3, -0.25) is 9.69 Å². The molecule has 7 heteroatoms. The smallest absolute Gasteiger partial charge is 0.335 e. The normalized spacial score (nSPS) is 16.2. The third-order valence-corrected chi connectivity index (χ3v) is 3.50. The number of rotatable bonds is 4. The van der Waals surface area contributed by atoms with Crippen LogP contribution < -0.4 is 5.32 Å². The molecular weight excluding hydrogens is 296 g/mol. The summed E-state index contributed by atoms with van der Waals surface area (Å²) >= 11 is 5.97. The maximum absolute atomic E-state index is 12.0. The van der Waals surface area contributed by atoms with Crippen LogP contribution >= 0.6 is 11.6 Å². The minimum absolute atomic E-state index is 0.0814. The molecule has 0 unspecified atom stereocenters. The monoisotopic (exact) mass is 312 g/mol. The third-order valence-electron chi connectivity index (χ3n) is 3.17. The molecule has 0 atom stereocenters. The summed E-state index contributed by atoms with van der Waals surface area (Å²) in [5.74, 6) is -1.28. The molecular formula is C14H17ClN2O4. The van der Waals surface area contributed by atoms with E-state index in [9.17, 15) is 9.59 Å². The Morgan fingerprint density at radius 2 is 2.14 bits per heavy atom. The highest BCUT2D eigenvalue weighted by atomic mass is 35.5. The van der Waals surface area contributed by atoms with Gasteiger partial charge in [0.05, 0.1) is 29.4 Å². The van der Waals surface area contributed by atoms with Crippen LogP contribution in [0, 0.1) is 0 Å². The molecule has 1 aliphatic rings. The van der Waals surface area contributed by atoms with Crippen LogP contribution in [-0.4, -0.2) is 54.7 Å². The number of carboxylic acid groups (broad SMARTS) is 1. The summed E-state index contributed by atoms with van der Waals surface area (Å²) in [5, 5.41) is 11.9. The molecule has 0 saturated carbocycles. The second-order valence-corrected chi connectivity index (χ2v) is 5.20. The molecule has 1 aliphatic heterocycles. The van der Waals surface area contributed by atoms with E-state index in [0.29, 0.717) is 30.5 Å². The summed E-state index contributed by atoms with van der Waals surface area (Å²) in [5.41, 5.74) is 0.394. The number of carboxylic acids is 1. The van der Waals surface area contributed by atoms with Crippen molar-refractivity contribution in [1.29, 1.82) is 0 Å². The van der Waals surface area contributed by atoms with Gasteiger partial charge >= 0.3 is 5.97 Å². The first kappa shape index (κ1) is 15.8. The fraction of sp³-hybridized carbons (Fsp3) is 0.429. The standard InChI is InChI=1S/C14H17ClN2O4/c15-11-3-2-10(14(19)20)8-12(11)16-13(18)9-17-4-1-6-21-7-5-17/h2-3,8H,1,4-7,9H2,(H,16,18)(H,19,20). The number of hydrogen-bond acceptors (Lipinski definition) is 4. The summed E-state index contributed by atoms with van der Waals surface area (Å²) in [7, 11) is 0. The first-order chi connectivity index (χ1) is 10.1. The van der Waals surface area contributed by atoms with Crippen molar-refractivity contribution in [3.05, 3.63) is 28.8 Å². The van der Waals surface area contributed by atoms with Gasteiger partial charge in [-0.2, -0.15) is 0 Å². The fourth-order valence-corrected chi connectivity index (χ4v) is 2.27. The molecule has 1 fully saturated rings. The number of halogens is 1. The summed E-state index contributed by atoms with van der Waals surface area (Å²) in [6, 6.07) is 4.21. The van der Waals surface area contributed by atoms with Gasteiger partial charge in [0.2, 0.25) is 5.91 Å². The molecule has 0 radical (unpaired) electrons. The average Bonchev–Trinajstić information content (AvgIpc) is 2.69. The highest BCUT2D eigenvalue weighted by molar-refractivity contribution is 6.33. The molecule has 2 N–H and O–H groups in total. The SMILES string of the molecule is O=C(CN1CCCOCC1)Nc1cc(C(=O)O)ccc1Cl. The predicted octanol–water partition coefficient (Wildman–Crippen LogP) is 1.70. The fourth-order valence-electron chi connectivity index (χ4n) is 2.10. The zero-order chi connectivity index (χ0) is 15.2. The van der Waals surface area contributed by atoms with Gasteiger partial charge < -0.3 is 15.2 Å². The van der Waals surface area contributed by atoms with E-state index in [-0.39, 0.29) is 18.0 Å². The Bertz CT molecular complexity index is 528. The highest BCUT2D eigenvalue weighted by Gasteiger charge is 2.15. The topological polar surface area (TPSA) is 78.9 Å². The molecule has 0 aliphatic carbocycles. The first-order valence-electron chi connectivity index (χ1n) is 6.69. The largest absolute Gasteiger partial charge is 0.478 e. The van der Waals surface area contributed by atoms with Crippen LogP contribution in [0.4, 0.5) is 5.69 Å². The van der Waals surface area contributed by atoms with Crippen LogP contribution in [0.25, 0.3) is 0 Å². The quantitative estimate of drug-likeness (QED) is 0.884. The Hall–Kier alpha value is -1.63. The van der Waals surface area contributed by atoms with Crippen LogP contribution in [0.1, 0.15) is 16.8 Å². The maximum Gasteiger partial charge on any atom is 0.335 e. The number of nitrogens with one attached hydrogen (secondary N) is 1. The van der Waals surface area contributed by atoms with E-state index in [2.05, 4.69) is 5.32 Å². The number of ether oxygens (including phenoxy) is 1. The van der Waals surface area contributed by atoms with Crippen molar-refractivity contribution in [2.45, 2.75) is 6.42 Å². The van der Waals surface area contributed by atoms with E-state index >= 15 is 0 Å². The Balaban J connectivity index is 1.98. The van der Waals surface area contributed by atoms with E-state index in [0.717, 1.165) is 13.0 Å². The van der Waals surface area contributed by atoms with Crippen LogP contribution in [0.15, 0.2) is 18.2 Å². The van der Waals surface area contributed by atoms with Crippen molar-refractivity contribution in [3.8, 4) is 0 Å². The van der Waals surface area contributed by atoms with Crippen LogP contribution in [0.2, 0.25) is 5.02 Å². The average molecular weight is 313 g/mol. The molecule has 1 aromatic carbocycles. The lowest BCUT2D eigenvalue weighted by atomic mass is 10.2. The number of anilines is 1. The highest BCUT2D eigenvalue weighted by Crippen LogP contribution is 2.23. The number of nitrogens with zero attached hydrogens (tertiary/aromatic N) is 1. The minimum atomic E-state index is -1.06. The van der Waals surface area contributed by atoms with Gasteiger partial charge in [-0.15, -0.1) is 0 Å². The molecule has 1 heterocycles. The van der Waals surface area contributed by atoms with Crippen molar-refractivity contribution in [1.82, 2.24) is 4.90 Å². The van der Waals surface area contributed by atoms with Crippen LogP contribution in [0.3, 0.4) is 0 Å². The molecule has 0 bridgehead atoms. The molecule has 1 aromatic rings. The molecule has 21 heavy (non-hydrogen) atoms. The van der Waals surface area contributed by atoms with Gasteiger partial charge in [-0.1, -0.05) is 11.6 Å². The lowest BCUT2D eigenvalue weighted by molar-refractivity contribution is -0.117. The van der Waals surface area contributed by atoms with Gasteiger partial charge in [-0.05, 0) is 24.6 Å². The van der Waals surface area contributed by atoms with Gasteiger partial charge in [-0.25, -0.2) is 4.79 Å². The van der Waals surface area contributed by atoms with E-state index in [4.69, 9.17) is 21.4 Å². The van der Waals surface area contributed by atoms with Gasteiger partial charge in [0.25, 0.3) is 0 Å². The molecule has 0 spiro atoms. The maximum atomic E-state index is 12.0.